The molecule has 0 N–H and O–H groups in total. The van der Waals surface area contributed by atoms with Crippen LogP contribution in [0.1, 0.15) is 24.8 Å². The lowest BCUT2D eigenvalue weighted by atomic mass is 10.0. The number of carbonyl (C=O) groups excluding carboxylic acids is 2. The lowest BCUT2D eigenvalue weighted by Crippen LogP contribution is -2.49. The minimum absolute atomic E-state index is 0.0735. The van der Waals surface area contributed by atoms with Gasteiger partial charge in [0.05, 0.1) is 30.4 Å². The van der Waals surface area contributed by atoms with Crippen LogP contribution in [0.2, 0.25) is 0 Å². The molecular weight excluding hydrogens is 300 g/mol. The fourth-order valence-corrected chi connectivity index (χ4v) is 4.00. The predicted octanol–water partition coefficient (Wildman–Crippen LogP) is 1.11. The molecule has 3 rings (SSSR count). The van der Waals surface area contributed by atoms with Gasteiger partial charge in [-0.05, 0) is 31.7 Å². The summed E-state index contributed by atoms with van der Waals surface area (Å²) in [5, 5.41) is 4.33. The smallest absolute Gasteiger partial charge is 0.242 e. The number of thioether (sulfide) groups is 1. The number of hydrogen-bond donors (Lipinski definition) is 0. The molecule has 6 nitrogen and oxygen atoms in total. The molecule has 3 heterocycles. The highest BCUT2D eigenvalue weighted by Gasteiger charge is 2.30. The van der Waals surface area contributed by atoms with Gasteiger partial charge in [0, 0.05) is 12.7 Å². The van der Waals surface area contributed by atoms with Crippen LogP contribution >= 0.6 is 11.8 Å². The number of likely N-dealkylation sites (tertiary alicyclic amines) is 1. The fraction of sp³-hybridized carbons (Fsp3) is 0.667. The first-order valence-electron chi connectivity index (χ1n) is 7.77. The number of aromatic nitrogens is 2. The second-order valence-corrected chi connectivity index (χ2v) is 7.00. The Morgan fingerprint density at radius 2 is 2.32 bits per heavy atom. The van der Waals surface area contributed by atoms with E-state index in [9.17, 15) is 9.59 Å². The van der Waals surface area contributed by atoms with Crippen LogP contribution in [0.15, 0.2) is 12.4 Å². The van der Waals surface area contributed by atoms with Crippen LogP contribution in [0, 0.1) is 6.92 Å². The number of nitrogens with zero attached hydrogens (tertiary/aromatic N) is 4. The summed E-state index contributed by atoms with van der Waals surface area (Å²) in [6.45, 7) is 3.77. The predicted molar refractivity (Wildman–Crippen MR) is 85.4 cm³/mol. The molecule has 1 unspecified atom stereocenters. The molecule has 0 bridgehead atoms. The zero-order valence-electron chi connectivity index (χ0n) is 12.9. The van der Waals surface area contributed by atoms with Crippen LogP contribution < -0.4 is 0 Å². The molecule has 22 heavy (non-hydrogen) atoms. The second kappa shape index (κ2) is 6.73. The molecule has 2 amide bonds. The first kappa shape index (κ1) is 15.4. The minimum Gasteiger partial charge on any atom is -0.336 e. The average molecular weight is 322 g/mol. The van der Waals surface area contributed by atoms with E-state index in [1.165, 1.54) is 0 Å². The highest BCUT2D eigenvalue weighted by Crippen LogP contribution is 2.21. The van der Waals surface area contributed by atoms with E-state index in [1.807, 2.05) is 28.9 Å². The highest BCUT2D eigenvalue weighted by molar-refractivity contribution is 8.00. The molecule has 2 fully saturated rings. The number of carbonyl (C=O) groups is 2. The van der Waals surface area contributed by atoms with Crippen molar-refractivity contribution in [1.82, 2.24) is 19.6 Å². The molecule has 0 radical (unpaired) electrons. The minimum atomic E-state index is 0.0735. The Hall–Kier alpha value is -1.50. The van der Waals surface area contributed by atoms with E-state index in [0.717, 1.165) is 37.9 Å². The Bertz CT molecular complexity index is 559. The summed E-state index contributed by atoms with van der Waals surface area (Å²) in [5.74, 6) is 1.30. The summed E-state index contributed by atoms with van der Waals surface area (Å²) in [6, 6.07) is 0.186. The molecule has 7 heteroatoms. The van der Waals surface area contributed by atoms with Crippen LogP contribution in [0.3, 0.4) is 0 Å². The first-order chi connectivity index (χ1) is 10.6. The topological polar surface area (TPSA) is 58.4 Å². The zero-order chi connectivity index (χ0) is 15.5. The van der Waals surface area contributed by atoms with Gasteiger partial charge >= 0.3 is 0 Å². The number of amides is 2. The SMILES string of the molecule is Cc1cnn(CC2CCCCN2C(=O)CN2CSCC2=O)c1. The Balaban J connectivity index is 1.63. The lowest BCUT2D eigenvalue weighted by molar-refractivity contribution is -0.140. The number of hydrogen-bond acceptors (Lipinski definition) is 4. The van der Waals surface area contributed by atoms with Crippen molar-refractivity contribution in [3.63, 3.8) is 0 Å². The van der Waals surface area contributed by atoms with Crippen LogP contribution in [0.4, 0.5) is 0 Å². The van der Waals surface area contributed by atoms with Crippen molar-refractivity contribution >= 4 is 23.6 Å². The Kier molecular flexibility index (Phi) is 4.71. The third-order valence-electron chi connectivity index (χ3n) is 4.26. The standard InChI is InChI=1S/C15H22N4O2S/c1-12-6-16-18(7-12)8-13-4-2-3-5-19(13)14(20)9-17-11-22-10-15(17)21/h6-7,13H,2-5,8-11H2,1H3. The molecule has 0 saturated carbocycles. The first-order valence-corrected chi connectivity index (χ1v) is 8.93. The van der Waals surface area contributed by atoms with E-state index in [1.54, 1.807) is 16.7 Å². The highest BCUT2D eigenvalue weighted by atomic mass is 32.2. The van der Waals surface area contributed by atoms with E-state index < -0.39 is 0 Å². The van der Waals surface area contributed by atoms with Crippen molar-refractivity contribution in [3.05, 3.63) is 18.0 Å². The van der Waals surface area contributed by atoms with Crippen molar-refractivity contribution in [1.29, 1.82) is 0 Å². The third-order valence-corrected chi connectivity index (χ3v) is 5.20. The van der Waals surface area contributed by atoms with Crippen molar-refractivity contribution in [2.75, 3.05) is 24.7 Å². The monoisotopic (exact) mass is 322 g/mol. The quantitative estimate of drug-likeness (QED) is 0.833. The maximum absolute atomic E-state index is 12.6. The van der Waals surface area contributed by atoms with E-state index >= 15 is 0 Å². The maximum atomic E-state index is 12.6. The molecule has 0 aromatic carbocycles. The molecule has 0 aliphatic carbocycles. The third kappa shape index (κ3) is 3.45. The molecule has 2 aliphatic rings. The molecule has 1 aromatic rings. The Labute approximate surface area is 134 Å². The number of piperidine rings is 1. The van der Waals surface area contributed by atoms with Crippen LogP contribution in [-0.4, -0.2) is 62.2 Å². The summed E-state index contributed by atoms with van der Waals surface area (Å²) in [6.07, 6.45) is 7.05. The van der Waals surface area contributed by atoms with Gasteiger partial charge in [0.15, 0.2) is 0 Å². The average Bonchev–Trinajstić information content (AvgIpc) is 3.09. The van der Waals surface area contributed by atoms with E-state index in [2.05, 4.69) is 5.10 Å². The van der Waals surface area contributed by atoms with E-state index in [4.69, 9.17) is 0 Å². The maximum Gasteiger partial charge on any atom is 0.242 e. The van der Waals surface area contributed by atoms with Crippen LogP contribution in [0.25, 0.3) is 0 Å². The molecule has 2 aliphatic heterocycles. The van der Waals surface area contributed by atoms with Gasteiger partial charge in [-0.2, -0.15) is 5.10 Å². The van der Waals surface area contributed by atoms with Crippen molar-refractivity contribution in [3.8, 4) is 0 Å². The van der Waals surface area contributed by atoms with Gasteiger partial charge in [0.2, 0.25) is 11.8 Å². The normalized spacial score (nSPS) is 22.4. The second-order valence-electron chi connectivity index (χ2n) is 6.05. The number of aryl methyl sites for hydroxylation is 1. The van der Waals surface area contributed by atoms with Crippen molar-refractivity contribution < 1.29 is 9.59 Å². The van der Waals surface area contributed by atoms with Gasteiger partial charge in [0.1, 0.15) is 6.54 Å². The largest absolute Gasteiger partial charge is 0.336 e. The molecular formula is C15H22N4O2S. The van der Waals surface area contributed by atoms with Gasteiger partial charge in [-0.15, -0.1) is 11.8 Å². The van der Waals surface area contributed by atoms with E-state index in [0.29, 0.717) is 11.6 Å². The molecule has 1 atom stereocenters. The van der Waals surface area contributed by atoms with Gasteiger partial charge in [-0.3, -0.25) is 14.3 Å². The Morgan fingerprint density at radius 3 is 3.00 bits per heavy atom. The summed E-state index contributed by atoms with van der Waals surface area (Å²) < 4.78 is 1.92. The molecule has 1 aromatic heterocycles. The van der Waals surface area contributed by atoms with Crippen molar-refractivity contribution in [2.45, 2.75) is 38.8 Å². The summed E-state index contributed by atoms with van der Waals surface area (Å²) in [4.78, 5) is 27.9. The van der Waals surface area contributed by atoms with Crippen LogP contribution in [0.5, 0.6) is 0 Å². The van der Waals surface area contributed by atoms with Crippen molar-refractivity contribution in [2.24, 2.45) is 0 Å². The van der Waals surface area contributed by atoms with Crippen LogP contribution in [-0.2, 0) is 16.1 Å². The summed E-state index contributed by atoms with van der Waals surface area (Å²) in [5.41, 5.74) is 1.13. The van der Waals surface area contributed by atoms with Gasteiger partial charge in [-0.25, -0.2) is 0 Å². The summed E-state index contributed by atoms with van der Waals surface area (Å²) >= 11 is 1.58. The molecule has 0 spiro atoms. The van der Waals surface area contributed by atoms with Gasteiger partial charge in [0.25, 0.3) is 0 Å². The number of rotatable bonds is 4. The fourth-order valence-electron chi connectivity index (χ4n) is 3.10. The Morgan fingerprint density at radius 1 is 1.45 bits per heavy atom. The molecule has 2 saturated heterocycles. The molecule has 120 valence electrons. The van der Waals surface area contributed by atoms with Gasteiger partial charge in [-0.1, -0.05) is 0 Å². The zero-order valence-corrected chi connectivity index (χ0v) is 13.7. The van der Waals surface area contributed by atoms with Gasteiger partial charge < -0.3 is 9.80 Å². The summed E-state index contributed by atoms with van der Waals surface area (Å²) in [7, 11) is 0. The van der Waals surface area contributed by atoms with E-state index in [-0.39, 0.29) is 24.4 Å². The lowest BCUT2D eigenvalue weighted by Gasteiger charge is -2.36.